The second-order valence-corrected chi connectivity index (χ2v) is 5.77. The minimum absolute atomic E-state index is 0.653. The van der Waals surface area contributed by atoms with Crippen molar-refractivity contribution in [2.45, 2.75) is 20.4 Å². The van der Waals surface area contributed by atoms with Gasteiger partial charge in [0.25, 0.3) is 0 Å². The normalized spacial score (nSPS) is 10.9. The Hall–Kier alpha value is -1.26. The first-order chi connectivity index (χ1) is 9.16. The lowest BCUT2D eigenvalue weighted by atomic mass is 10.2. The zero-order chi connectivity index (χ0) is 13.7. The molecule has 0 aliphatic rings. The van der Waals surface area contributed by atoms with Gasteiger partial charge in [0, 0.05) is 34.5 Å². The lowest BCUT2D eigenvalue weighted by Crippen LogP contribution is -2.19. The van der Waals surface area contributed by atoms with Gasteiger partial charge in [0.1, 0.15) is 0 Å². The Kier molecular flexibility index (Phi) is 5.05. The molecule has 2 aromatic rings. The van der Waals surface area contributed by atoms with Crippen LogP contribution in [-0.4, -0.2) is 16.5 Å². The number of rotatable bonds is 5. The van der Waals surface area contributed by atoms with Crippen LogP contribution >= 0.6 is 15.9 Å². The van der Waals surface area contributed by atoms with Gasteiger partial charge in [-0.1, -0.05) is 48.0 Å². The second-order valence-electron chi connectivity index (χ2n) is 4.92. The Balaban J connectivity index is 2.04. The van der Waals surface area contributed by atoms with E-state index in [0.717, 1.165) is 34.5 Å². The van der Waals surface area contributed by atoms with Crippen LogP contribution in [0.4, 0.5) is 0 Å². The standard InChI is InChI=1S/C15H18BrN3/c1-11(2)7-17-8-12-9-18-15(19-10-12)13-5-3-4-6-14(13)16/h3-6,9-11,17H,7-8H2,1-2H3. The third kappa shape index (κ3) is 4.11. The van der Waals surface area contributed by atoms with Gasteiger partial charge in [-0.15, -0.1) is 0 Å². The predicted molar refractivity (Wildman–Crippen MR) is 81.7 cm³/mol. The molecule has 1 aromatic carbocycles. The van der Waals surface area contributed by atoms with Crippen molar-refractivity contribution in [3.63, 3.8) is 0 Å². The number of hydrogen-bond acceptors (Lipinski definition) is 3. The van der Waals surface area contributed by atoms with Crippen molar-refractivity contribution in [3.05, 3.63) is 46.7 Å². The number of halogens is 1. The van der Waals surface area contributed by atoms with Gasteiger partial charge in [0.05, 0.1) is 0 Å². The van der Waals surface area contributed by atoms with E-state index in [1.165, 1.54) is 0 Å². The van der Waals surface area contributed by atoms with Crippen LogP contribution in [0.1, 0.15) is 19.4 Å². The highest BCUT2D eigenvalue weighted by Gasteiger charge is 2.05. The highest BCUT2D eigenvalue weighted by Crippen LogP contribution is 2.24. The monoisotopic (exact) mass is 319 g/mol. The van der Waals surface area contributed by atoms with Crippen LogP contribution in [0, 0.1) is 5.92 Å². The Morgan fingerprint density at radius 1 is 1.16 bits per heavy atom. The van der Waals surface area contributed by atoms with Crippen molar-refractivity contribution < 1.29 is 0 Å². The molecule has 1 N–H and O–H groups in total. The van der Waals surface area contributed by atoms with Crippen molar-refractivity contribution in [2.24, 2.45) is 5.92 Å². The van der Waals surface area contributed by atoms with Crippen LogP contribution in [0.2, 0.25) is 0 Å². The summed E-state index contributed by atoms with van der Waals surface area (Å²) in [4.78, 5) is 8.85. The van der Waals surface area contributed by atoms with Crippen LogP contribution in [0.3, 0.4) is 0 Å². The second kappa shape index (κ2) is 6.78. The smallest absolute Gasteiger partial charge is 0.160 e. The lowest BCUT2D eigenvalue weighted by Gasteiger charge is -2.07. The molecule has 3 nitrogen and oxygen atoms in total. The molecule has 100 valence electrons. The van der Waals surface area contributed by atoms with E-state index < -0.39 is 0 Å². The van der Waals surface area contributed by atoms with Gasteiger partial charge in [-0.05, 0) is 18.5 Å². The molecule has 0 saturated carbocycles. The van der Waals surface area contributed by atoms with Crippen molar-refractivity contribution in [3.8, 4) is 11.4 Å². The van der Waals surface area contributed by atoms with Crippen molar-refractivity contribution >= 4 is 15.9 Å². The SMILES string of the molecule is CC(C)CNCc1cnc(-c2ccccc2Br)nc1. The molecule has 0 atom stereocenters. The molecular weight excluding hydrogens is 302 g/mol. The maximum Gasteiger partial charge on any atom is 0.160 e. The van der Waals surface area contributed by atoms with E-state index in [2.05, 4.69) is 45.1 Å². The number of nitrogens with one attached hydrogen (secondary N) is 1. The van der Waals surface area contributed by atoms with Crippen LogP contribution in [0.15, 0.2) is 41.1 Å². The van der Waals surface area contributed by atoms with E-state index >= 15 is 0 Å². The third-order valence-corrected chi connectivity index (χ3v) is 3.39. The Bertz CT molecular complexity index is 523. The molecule has 1 heterocycles. The number of benzene rings is 1. The summed E-state index contributed by atoms with van der Waals surface area (Å²) in [6, 6.07) is 7.98. The van der Waals surface area contributed by atoms with E-state index in [1.807, 2.05) is 36.7 Å². The average molecular weight is 320 g/mol. The number of nitrogens with zero attached hydrogens (tertiary/aromatic N) is 2. The highest BCUT2D eigenvalue weighted by molar-refractivity contribution is 9.10. The molecule has 19 heavy (non-hydrogen) atoms. The zero-order valence-corrected chi connectivity index (χ0v) is 12.8. The van der Waals surface area contributed by atoms with E-state index in [9.17, 15) is 0 Å². The topological polar surface area (TPSA) is 37.8 Å². The molecule has 0 aliphatic heterocycles. The molecule has 0 bridgehead atoms. The van der Waals surface area contributed by atoms with Crippen molar-refractivity contribution in [2.75, 3.05) is 6.54 Å². The molecule has 0 saturated heterocycles. The summed E-state index contributed by atoms with van der Waals surface area (Å²) in [5.41, 5.74) is 2.13. The summed E-state index contributed by atoms with van der Waals surface area (Å²) in [5.74, 6) is 1.40. The van der Waals surface area contributed by atoms with Crippen LogP contribution < -0.4 is 5.32 Å². The predicted octanol–water partition coefficient (Wildman–Crippen LogP) is 3.65. The number of aromatic nitrogens is 2. The molecule has 0 unspecified atom stereocenters. The summed E-state index contributed by atoms with van der Waals surface area (Å²) in [7, 11) is 0. The molecule has 0 radical (unpaired) electrons. The summed E-state index contributed by atoms with van der Waals surface area (Å²) in [6.07, 6.45) is 3.77. The molecular formula is C15H18BrN3. The minimum Gasteiger partial charge on any atom is -0.312 e. The first-order valence-corrected chi connectivity index (χ1v) is 7.22. The summed E-state index contributed by atoms with van der Waals surface area (Å²) < 4.78 is 1.01. The Morgan fingerprint density at radius 3 is 2.47 bits per heavy atom. The highest BCUT2D eigenvalue weighted by atomic mass is 79.9. The largest absolute Gasteiger partial charge is 0.312 e. The Morgan fingerprint density at radius 2 is 1.84 bits per heavy atom. The fourth-order valence-corrected chi connectivity index (χ4v) is 2.19. The van der Waals surface area contributed by atoms with Crippen LogP contribution in [-0.2, 0) is 6.54 Å². The lowest BCUT2D eigenvalue weighted by molar-refractivity contribution is 0.551. The van der Waals surface area contributed by atoms with Crippen molar-refractivity contribution in [1.29, 1.82) is 0 Å². The van der Waals surface area contributed by atoms with Crippen molar-refractivity contribution in [1.82, 2.24) is 15.3 Å². The van der Waals surface area contributed by atoms with E-state index in [0.29, 0.717) is 5.92 Å². The van der Waals surface area contributed by atoms with Crippen LogP contribution in [0.5, 0.6) is 0 Å². The molecule has 0 fully saturated rings. The molecule has 4 heteroatoms. The zero-order valence-electron chi connectivity index (χ0n) is 11.2. The van der Waals surface area contributed by atoms with E-state index in [1.54, 1.807) is 0 Å². The van der Waals surface area contributed by atoms with Gasteiger partial charge < -0.3 is 5.32 Å². The Labute approximate surface area is 122 Å². The maximum atomic E-state index is 4.43. The molecule has 0 amide bonds. The molecule has 1 aromatic heterocycles. The van der Waals surface area contributed by atoms with Crippen LogP contribution in [0.25, 0.3) is 11.4 Å². The molecule has 2 rings (SSSR count). The first kappa shape index (κ1) is 14.2. The fraction of sp³-hybridized carbons (Fsp3) is 0.333. The minimum atomic E-state index is 0.653. The summed E-state index contributed by atoms with van der Waals surface area (Å²) >= 11 is 3.52. The number of hydrogen-bond donors (Lipinski definition) is 1. The maximum absolute atomic E-state index is 4.43. The fourth-order valence-electron chi connectivity index (χ4n) is 1.73. The first-order valence-electron chi connectivity index (χ1n) is 6.43. The van der Waals surface area contributed by atoms with Gasteiger partial charge in [0.15, 0.2) is 5.82 Å². The van der Waals surface area contributed by atoms with Gasteiger partial charge >= 0.3 is 0 Å². The quantitative estimate of drug-likeness (QED) is 0.914. The van der Waals surface area contributed by atoms with Gasteiger partial charge in [-0.3, -0.25) is 0 Å². The average Bonchev–Trinajstić information content (AvgIpc) is 2.40. The molecule has 0 aliphatic carbocycles. The van der Waals surface area contributed by atoms with Gasteiger partial charge in [0.2, 0.25) is 0 Å². The van der Waals surface area contributed by atoms with E-state index in [4.69, 9.17) is 0 Å². The summed E-state index contributed by atoms with van der Waals surface area (Å²) in [5, 5.41) is 3.38. The summed E-state index contributed by atoms with van der Waals surface area (Å²) in [6.45, 7) is 6.21. The molecule has 0 spiro atoms. The van der Waals surface area contributed by atoms with E-state index in [-0.39, 0.29) is 0 Å². The van der Waals surface area contributed by atoms with Gasteiger partial charge in [-0.2, -0.15) is 0 Å². The van der Waals surface area contributed by atoms with Gasteiger partial charge in [-0.25, -0.2) is 9.97 Å². The third-order valence-electron chi connectivity index (χ3n) is 2.70.